The van der Waals surface area contributed by atoms with Crippen molar-refractivity contribution < 1.29 is 9.32 Å². The van der Waals surface area contributed by atoms with Crippen molar-refractivity contribution in [1.29, 1.82) is 0 Å². The van der Waals surface area contributed by atoms with Gasteiger partial charge in [-0.2, -0.15) is 16.7 Å². The molecular weight excluding hydrogens is 326 g/mol. The molecule has 24 heavy (non-hydrogen) atoms. The standard InChI is InChI=1S/C16H29N5O2S/c1-7-24-12(2)14-17-13(23-18-14)10-21-9-8-20(11-16(21,3)4)15(22)19(5)6/h12H,7-11H2,1-6H3/t12-/m1/s1. The summed E-state index contributed by atoms with van der Waals surface area (Å²) in [7, 11) is 3.58. The number of urea groups is 1. The van der Waals surface area contributed by atoms with E-state index in [9.17, 15) is 4.79 Å². The van der Waals surface area contributed by atoms with Gasteiger partial charge >= 0.3 is 6.03 Å². The lowest BCUT2D eigenvalue weighted by Gasteiger charge is -2.47. The van der Waals surface area contributed by atoms with Crippen LogP contribution in [0.25, 0.3) is 0 Å². The average molecular weight is 356 g/mol. The average Bonchev–Trinajstić information content (AvgIpc) is 2.97. The molecule has 0 saturated carbocycles. The largest absolute Gasteiger partial charge is 0.338 e. The van der Waals surface area contributed by atoms with Gasteiger partial charge in [0.05, 0.1) is 11.8 Å². The lowest BCUT2D eigenvalue weighted by Crippen LogP contribution is -2.61. The van der Waals surface area contributed by atoms with Crippen molar-refractivity contribution in [3.05, 3.63) is 11.7 Å². The fraction of sp³-hybridized carbons (Fsp3) is 0.812. The summed E-state index contributed by atoms with van der Waals surface area (Å²) >= 11 is 1.80. The number of carbonyl (C=O) groups excluding carboxylic acids is 1. The van der Waals surface area contributed by atoms with E-state index in [1.54, 1.807) is 30.8 Å². The van der Waals surface area contributed by atoms with E-state index >= 15 is 0 Å². The Kier molecular flexibility index (Phi) is 6.14. The van der Waals surface area contributed by atoms with Crippen LogP contribution < -0.4 is 0 Å². The van der Waals surface area contributed by atoms with E-state index in [0.717, 1.165) is 18.1 Å². The Hall–Kier alpha value is -1.28. The number of hydrogen-bond donors (Lipinski definition) is 0. The van der Waals surface area contributed by atoms with Crippen molar-refractivity contribution in [2.75, 3.05) is 39.5 Å². The van der Waals surface area contributed by atoms with Gasteiger partial charge in [0.1, 0.15) is 0 Å². The van der Waals surface area contributed by atoms with Crippen LogP contribution in [0.3, 0.4) is 0 Å². The molecule has 7 nitrogen and oxygen atoms in total. The Balaban J connectivity index is 2.00. The molecule has 136 valence electrons. The number of carbonyl (C=O) groups is 1. The van der Waals surface area contributed by atoms with Crippen LogP contribution in [0.1, 0.15) is 44.7 Å². The molecular formula is C16H29N5O2S. The maximum atomic E-state index is 12.2. The van der Waals surface area contributed by atoms with E-state index in [2.05, 4.69) is 42.7 Å². The third kappa shape index (κ3) is 4.42. The zero-order valence-corrected chi connectivity index (χ0v) is 16.4. The van der Waals surface area contributed by atoms with Gasteiger partial charge in [-0.1, -0.05) is 12.1 Å². The Labute approximate surface area is 148 Å². The van der Waals surface area contributed by atoms with Gasteiger partial charge in [-0.3, -0.25) is 4.90 Å². The Morgan fingerprint density at radius 3 is 2.71 bits per heavy atom. The summed E-state index contributed by atoms with van der Waals surface area (Å²) < 4.78 is 5.44. The summed E-state index contributed by atoms with van der Waals surface area (Å²) in [4.78, 5) is 22.6. The van der Waals surface area contributed by atoms with E-state index in [1.165, 1.54) is 0 Å². The molecule has 0 spiro atoms. The van der Waals surface area contributed by atoms with E-state index in [-0.39, 0.29) is 16.8 Å². The molecule has 1 aliphatic heterocycles. The van der Waals surface area contributed by atoms with Gasteiger partial charge in [0.2, 0.25) is 5.89 Å². The second-order valence-electron chi connectivity index (χ2n) is 6.98. The van der Waals surface area contributed by atoms with Gasteiger partial charge in [0.25, 0.3) is 0 Å². The highest BCUT2D eigenvalue weighted by molar-refractivity contribution is 7.99. The molecule has 1 saturated heterocycles. The lowest BCUT2D eigenvalue weighted by atomic mass is 9.99. The second kappa shape index (κ2) is 7.74. The zero-order valence-electron chi connectivity index (χ0n) is 15.6. The highest BCUT2D eigenvalue weighted by Gasteiger charge is 2.36. The van der Waals surface area contributed by atoms with E-state index in [1.807, 2.05) is 4.90 Å². The fourth-order valence-electron chi connectivity index (χ4n) is 2.91. The molecule has 1 atom stereocenters. The number of rotatable bonds is 5. The van der Waals surface area contributed by atoms with E-state index in [4.69, 9.17) is 4.52 Å². The quantitative estimate of drug-likeness (QED) is 0.808. The molecule has 0 N–H and O–H groups in total. The normalized spacial score (nSPS) is 19.3. The van der Waals surface area contributed by atoms with E-state index < -0.39 is 0 Å². The molecule has 0 unspecified atom stereocenters. The summed E-state index contributed by atoms with van der Waals surface area (Å²) in [6.07, 6.45) is 0. The molecule has 2 heterocycles. The molecule has 2 rings (SSSR count). The highest BCUT2D eigenvalue weighted by Crippen LogP contribution is 2.27. The van der Waals surface area contributed by atoms with Crippen molar-refractivity contribution in [2.45, 2.75) is 45.0 Å². The van der Waals surface area contributed by atoms with Crippen molar-refractivity contribution in [3.63, 3.8) is 0 Å². The molecule has 0 aromatic carbocycles. The number of amides is 2. The maximum absolute atomic E-state index is 12.2. The van der Waals surface area contributed by atoms with Crippen LogP contribution in [0, 0.1) is 0 Å². The predicted molar refractivity (Wildman–Crippen MR) is 96.0 cm³/mol. The predicted octanol–water partition coefficient (Wildman–Crippen LogP) is 2.46. The van der Waals surface area contributed by atoms with Gasteiger partial charge in [-0.25, -0.2) is 4.79 Å². The first-order valence-electron chi connectivity index (χ1n) is 8.40. The minimum absolute atomic E-state index is 0.0632. The van der Waals surface area contributed by atoms with Gasteiger partial charge in [-0.15, -0.1) is 0 Å². The molecule has 0 aliphatic carbocycles. The Bertz CT molecular complexity index is 560. The number of thioether (sulfide) groups is 1. The van der Waals surface area contributed by atoms with Crippen LogP contribution >= 0.6 is 11.8 Å². The molecule has 0 radical (unpaired) electrons. The molecule has 2 amide bonds. The zero-order chi connectivity index (χ0) is 17.9. The fourth-order valence-corrected chi connectivity index (χ4v) is 3.66. The van der Waals surface area contributed by atoms with Crippen LogP contribution in [-0.2, 0) is 6.54 Å². The van der Waals surface area contributed by atoms with Crippen LogP contribution in [0.2, 0.25) is 0 Å². The molecule has 0 bridgehead atoms. The number of aromatic nitrogens is 2. The Morgan fingerprint density at radius 1 is 1.42 bits per heavy atom. The minimum Gasteiger partial charge on any atom is -0.338 e. The van der Waals surface area contributed by atoms with Gasteiger partial charge in [0.15, 0.2) is 5.82 Å². The molecule has 1 aromatic heterocycles. The first-order chi connectivity index (χ1) is 11.2. The van der Waals surface area contributed by atoms with Crippen molar-refractivity contribution in [2.24, 2.45) is 0 Å². The number of piperazine rings is 1. The smallest absolute Gasteiger partial charge is 0.319 e. The summed E-state index contributed by atoms with van der Waals surface area (Å²) in [5.41, 5.74) is -0.137. The molecule has 1 fully saturated rings. The van der Waals surface area contributed by atoms with Crippen molar-refractivity contribution >= 4 is 17.8 Å². The lowest BCUT2D eigenvalue weighted by molar-refractivity contribution is 0.0180. The third-order valence-corrected chi connectivity index (χ3v) is 5.36. The molecule has 8 heteroatoms. The summed E-state index contributed by atoms with van der Waals surface area (Å²) in [5.74, 6) is 2.44. The van der Waals surface area contributed by atoms with Crippen LogP contribution in [0.4, 0.5) is 4.79 Å². The third-order valence-electron chi connectivity index (χ3n) is 4.32. The number of nitrogens with zero attached hydrogens (tertiary/aromatic N) is 5. The first kappa shape index (κ1) is 19.1. The summed E-state index contributed by atoms with van der Waals surface area (Å²) in [6.45, 7) is 11.3. The number of hydrogen-bond acceptors (Lipinski definition) is 6. The van der Waals surface area contributed by atoms with Crippen molar-refractivity contribution in [1.82, 2.24) is 24.8 Å². The van der Waals surface area contributed by atoms with Gasteiger partial charge in [0, 0.05) is 39.3 Å². The van der Waals surface area contributed by atoms with Crippen LogP contribution in [0.15, 0.2) is 4.52 Å². The second-order valence-corrected chi connectivity index (χ2v) is 8.59. The van der Waals surface area contributed by atoms with Crippen LogP contribution in [0.5, 0.6) is 0 Å². The van der Waals surface area contributed by atoms with Gasteiger partial charge < -0.3 is 14.3 Å². The molecule has 1 aromatic rings. The summed E-state index contributed by atoms with van der Waals surface area (Å²) in [5, 5.41) is 4.35. The minimum atomic E-state index is -0.137. The summed E-state index contributed by atoms with van der Waals surface area (Å²) in [6, 6.07) is 0.0632. The Morgan fingerprint density at radius 2 is 2.12 bits per heavy atom. The van der Waals surface area contributed by atoms with Crippen LogP contribution in [-0.4, -0.2) is 75.9 Å². The monoisotopic (exact) mass is 355 g/mol. The molecule has 1 aliphatic rings. The van der Waals surface area contributed by atoms with E-state index in [0.29, 0.717) is 25.5 Å². The highest BCUT2D eigenvalue weighted by atomic mass is 32.2. The van der Waals surface area contributed by atoms with Crippen molar-refractivity contribution in [3.8, 4) is 0 Å². The topological polar surface area (TPSA) is 65.7 Å². The SMILES string of the molecule is CCS[C@H](C)c1noc(CN2CCN(C(=O)N(C)C)CC2(C)C)n1. The first-order valence-corrected chi connectivity index (χ1v) is 9.45. The van der Waals surface area contributed by atoms with Gasteiger partial charge in [-0.05, 0) is 26.5 Å². The maximum Gasteiger partial charge on any atom is 0.319 e.